The van der Waals surface area contributed by atoms with Crippen LogP contribution in [0.5, 0.6) is 0 Å². The monoisotopic (exact) mass is 454 g/mol. The molecule has 1 amide bonds. The normalized spacial score (nSPS) is 11.2. The number of aromatic nitrogens is 3. The summed E-state index contributed by atoms with van der Waals surface area (Å²) < 4.78 is 38.6. The second-order valence-corrected chi connectivity index (χ2v) is 7.09. The van der Waals surface area contributed by atoms with Crippen LogP contribution in [-0.4, -0.2) is 20.9 Å². The van der Waals surface area contributed by atoms with E-state index in [9.17, 15) is 18.0 Å². The molecule has 4 aromatic rings. The van der Waals surface area contributed by atoms with Gasteiger partial charge in [0.15, 0.2) is 5.82 Å². The molecule has 0 radical (unpaired) electrons. The minimum absolute atomic E-state index is 0.00984. The van der Waals surface area contributed by atoms with Crippen molar-refractivity contribution in [2.75, 3.05) is 5.32 Å². The molecule has 5 nitrogen and oxygen atoms in total. The molecule has 0 aliphatic rings. The third-order valence-corrected chi connectivity index (χ3v) is 4.82. The summed E-state index contributed by atoms with van der Waals surface area (Å²) in [5.41, 5.74) is 1.29. The van der Waals surface area contributed by atoms with Crippen molar-refractivity contribution in [3.05, 3.63) is 95.4 Å². The maximum Gasteiger partial charge on any atom is 0.417 e. The lowest BCUT2D eigenvalue weighted by Gasteiger charge is -2.12. The van der Waals surface area contributed by atoms with E-state index >= 15 is 0 Å². The van der Waals surface area contributed by atoms with E-state index in [2.05, 4.69) is 20.3 Å². The molecular formula is C23H14ClF3N4O. The van der Waals surface area contributed by atoms with E-state index in [0.29, 0.717) is 11.9 Å². The summed E-state index contributed by atoms with van der Waals surface area (Å²) in [4.78, 5) is 24.7. The van der Waals surface area contributed by atoms with Crippen molar-refractivity contribution in [1.82, 2.24) is 15.0 Å². The highest BCUT2D eigenvalue weighted by Crippen LogP contribution is 2.33. The number of carbonyl (C=O) groups excluding carboxylic acids is 1. The zero-order chi connectivity index (χ0) is 22.7. The smallest absolute Gasteiger partial charge is 0.320 e. The third kappa shape index (κ3) is 4.60. The number of halogens is 4. The Kier molecular flexibility index (Phi) is 5.87. The molecule has 32 heavy (non-hydrogen) atoms. The fraction of sp³-hybridized carbons (Fsp3) is 0.0435. The summed E-state index contributed by atoms with van der Waals surface area (Å²) in [6.45, 7) is 0. The minimum atomic E-state index is -4.58. The lowest BCUT2D eigenvalue weighted by atomic mass is 10.0. The van der Waals surface area contributed by atoms with Gasteiger partial charge in [0.25, 0.3) is 5.91 Å². The molecule has 0 unspecified atom stereocenters. The van der Waals surface area contributed by atoms with Crippen LogP contribution in [0.25, 0.3) is 22.6 Å². The van der Waals surface area contributed by atoms with Gasteiger partial charge in [0.2, 0.25) is 0 Å². The fourth-order valence-electron chi connectivity index (χ4n) is 3.00. The maximum absolute atomic E-state index is 12.9. The molecule has 0 saturated heterocycles. The topological polar surface area (TPSA) is 67.8 Å². The molecule has 2 aromatic heterocycles. The Bertz CT molecular complexity index is 1280. The second-order valence-electron chi connectivity index (χ2n) is 6.68. The summed E-state index contributed by atoms with van der Waals surface area (Å²) in [6, 6.07) is 19.0. The van der Waals surface area contributed by atoms with Crippen LogP contribution in [-0.2, 0) is 6.18 Å². The van der Waals surface area contributed by atoms with Gasteiger partial charge >= 0.3 is 6.18 Å². The zero-order valence-corrected chi connectivity index (χ0v) is 17.0. The van der Waals surface area contributed by atoms with Gasteiger partial charge in [0.05, 0.1) is 10.6 Å². The number of carbonyl (C=O) groups is 1. The predicted octanol–water partition coefficient (Wildman–Crippen LogP) is 6.13. The van der Waals surface area contributed by atoms with Gasteiger partial charge in [0.1, 0.15) is 11.4 Å². The molecule has 4 rings (SSSR count). The highest BCUT2D eigenvalue weighted by molar-refractivity contribution is 6.32. The first-order valence-corrected chi connectivity index (χ1v) is 9.72. The fourth-order valence-corrected chi connectivity index (χ4v) is 3.26. The SMILES string of the molecule is O=C(Nc1ccccc1-c1ccccc1)c1ccnc(-c2ncc(C(F)(F)F)cc2Cl)n1. The summed E-state index contributed by atoms with van der Waals surface area (Å²) in [5, 5.41) is 2.54. The Morgan fingerprint density at radius 2 is 1.66 bits per heavy atom. The molecule has 1 N–H and O–H groups in total. The van der Waals surface area contributed by atoms with Crippen LogP contribution in [0.4, 0.5) is 18.9 Å². The van der Waals surface area contributed by atoms with Gasteiger partial charge in [-0.3, -0.25) is 9.78 Å². The molecule has 0 atom stereocenters. The van der Waals surface area contributed by atoms with E-state index in [1.807, 2.05) is 42.5 Å². The lowest BCUT2D eigenvalue weighted by Crippen LogP contribution is -2.15. The minimum Gasteiger partial charge on any atom is -0.320 e. The summed E-state index contributed by atoms with van der Waals surface area (Å²) >= 11 is 5.98. The van der Waals surface area contributed by atoms with Crippen LogP contribution in [0.15, 0.2) is 79.1 Å². The van der Waals surface area contributed by atoms with Gasteiger partial charge < -0.3 is 5.32 Å². The standard InChI is InChI=1S/C23H14ClF3N4O/c24-17-12-15(23(25,26)27)13-29-20(17)21-28-11-10-19(30-21)22(32)31-18-9-5-4-8-16(18)14-6-2-1-3-7-14/h1-13H,(H,31,32). The number of hydrogen-bond donors (Lipinski definition) is 1. The first-order chi connectivity index (χ1) is 15.3. The Morgan fingerprint density at radius 1 is 0.938 bits per heavy atom. The highest BCUT2D eigenvalue weighted by atomic mass is 35.5. The number of alkyl halides is 3. The van der Waals surface area contributed by atoms with Crippen molar-refractivity contribution in [2.24, 2.45) is 0 Å². The second kappa shape index (κ2) is 8.76. The van der Waals surface area contributed by atoms with E-state index in [0.717, 1.165) is 17.2 Å². The summed E-state index contributed by atoms with van der Waals surface area (Å²) in [5.74, 6) is -0.576. The van der Waals surface area contributed by atoms with E-state index in [1.165, 1.54) is 12.3 Å². The highest BCUT2D eigenvalue weighted by Gasteiger charge is 2.32. The van der Waals surface area contributed by atoms with Crippen LogP contribution in [0, 0.1) is 0 Å². The average Bonchev–Trinajstić information content (AvgIpc) is 2.79. The molecule has 2 aromatic carbocycles. The van der Waals surface area contributed by atoms with E-state index in [-0.39, 0.29) is 22.2 Å². The van der Waals surface area contributed by atoms with Crippen LogP contribution in [0.1, 0.15) is 16.1 Å². The van der Waals surface area contributed by atoms with Crippen molar-refractivity contribution in [3.8, 4) is 22.6 Å². The van der Waals surface area contributed by atoms with Crippen LogP contribution in [0.2, 0.25) is 5.02 Å². The van der Waals surface area contributed by atoms with E-state index < -0.39 is 17.6 Å². The van der Waals surface area contributed by atoms with Crippen LogP contribution in [0.3, 0.4) is 0 Å². The number of hydrogen-bond acceptors (Lipinski definition) is 4. The van der Waals surface area contributed by atoms with E-state index in [4.69, 9.17) is 11.6 Å². The van der Waals surface area contributed by atoms with Crippen LogP contribution >= 0.6 is 11.6 Å². The van der Waals surface area contributed by atoms with Gasteiger partial charge in [0, 0.05) is 23.6 Å². The number of pyridine rings is 1. The Labute approximate surface area is 186 Å². The zero-order valence-electron chi connectivity index (χ0n) is 16.3. The van der Waals surface area contributed by atoms with Gasteiger partial charge in [-0.25, -0.2) is 9.97 Å². The van der Waals surface area contributed by atoms with Crippen LogP contribution < -0.4 is 5.32 Å². The van der Waals surface area contributed by atoms with Crippen molar-refractivity contribution in [1.29, 1.82) is 0 Å². The number of para-hydroxylation sites is 1. The predicted molar refractivity (Wildman–Crippen MR) is 115 cm³/mol. The first-order valence-electron chi connectivity index (χ1n) is 9.35. The summed E-state index contributed by atoms with van der Waals surface area (Å²) in [6.07, 6.45) is -2.62. The summed E-state index contributed by atoms with van der Waals surface area (Å²) in [7, 11) is 0. The van der Waals surface area contributed by atoms with Crippen molar-refractivity contribution in [2.45, 2.75) is 6.18 Å². The number of rotatable bonds is 4. The Morgan fingerprint density at radius 3 is 2.38 bits per heavy atom. The maximum atomic E-state index is 12.9. The largest absolute Gasteiger partial charge is 0.417 e. The Hall–Kier alpha value is -3.78. The molecule has 0 aliphatic heterocycles. The molecule has 0 saturated carbocycles. The van der Waals surface area contributed by atoms with Gasteiger partial charge in [-0.1, -0.05) is 60.1 Å². The quantitative estimate of drug-likeness (QED) is 0.403. The number of amides is 1. The molecule has 0 spiro atoms. The van der Waals surface area contributed by atoms with E-state index in [1.54, 1.807) is 12.1 Å². The van der Waals surface area contributed by atoms with Crippen molar-refractivity contribution in [3.63, 3.8) is 0 Å². The van der Waals surface area contributed by atoms with Crippen molar-refractivity contribution < 1.29 is 18.0 Å². The molecule has 160 valence electrons. The number of anilines is 1. The first kappa shape index (κ1) is 21.5. The third-order valence-electron chi connectivity index (χ3n) is 4.53. The number of nitrogens with one attached hydrogen (secondary N) is 1. The Balaban J connectivity index is 1.62. The average molecular weight is 455 g/mol. The van der Waals surface area contributed by atoms with Crippen molar-refractivity contribution >= 4 is 23.2 Å². The number of nitrogens with zero attached hydrogens (tertiary/aromatic N) is 3. The molecule has 0 fully saturated rings. The van der Waals surface area contributed by atoms with Gasteiger partial charge in [-0.2, -0.15) is 13.2 Å². The number of benzene rings is 2. The lowest BCUT2D eigenvalue weighted by molar-refractivity contribution is -0.137. The molecule has 2 heterocycles. The molecular weight excluding hydrogens is 441 g/mol. The molecule has 0 aliphatic carbocycles. The van der Waals surface area contributed by atoms with Gasteiger partial charge in [-0.15, -0.1) is 0 Å². The molecule has 9 heteroatoms. The van der Waals surface area contributed by atoms with Gasteiger partial charge in [-0.05, 0) is 23.8 Å². The molecule has 0 bridgehead atoms.